The summed E-state index contributed by atoms with van der Waals surface area (Å²) in [5, 5.41) is 3.14. The Balaban J connectivity index is 2.37. The number of nitrogens with one attached hydrogen (secondary N) is 2. The Hall–Kier alpha value is -1.62. The minimum atomic E-state index is -0.638. The van der Waals surface area contributed by atoms with Crippen molar-refractivity contribution in [2.75, 3.05) is 13.2 Å². The number of aromatic amines is 1. The number of hydrogen-bond donors (Lipinski definition) is 2. The van der Waals surface area contributed by atoms with Crippen molar-refractivity contribution in [3.05, 3.63) is 34.7 Å². The molecule has 0 aliphatic carbocycles. The van der Waals surface area contributed by atoms with Gasteiger partial charge >= 0.3 is 0 Å². The van der Waals surface area contributed by atoms with Crippen molar-refractivity contribution < 1.29 is 13.6 Å². The van der Waals surface area contributed by atoms with Crippen molar-refractivity contribution in [1.82, 2.24) is 10.3 Å². The second-order valence-corrected chi connectivity index (χ2v) is 3.88. The number of benzene rings is 1. The highest BCUT2D eigenvalue weighted by Crippen LogP contribution is 2.25. The zero-order valence-electron chi connectivity index (χ0n) is 8.69. The van der Waals surface area contributed by atoms with Gasteiger partial charge in [0.25, 0.3) is 5.91 Å². The van der Waals surface area contributed by atoms with Crippen molar-refractivity contribution >= 4 is 28.4 Å². The maximum Gasteiger partial charge on any atom is 0.267 e. The molecule has 1 amide bonds. The van der Waals surface area contributed by atoms with Gasteiger partial charge in [-0.15, -0.1) is 0 Å². The fraction of sp³-hybridized carbons (Fsp3) is 0.182. The van der Waals surface area contributed by atoms with Crippen LogP contribution in [-0.4, -0.2) is 24.1 Å². The van der Waals surface area contributed by atoms with Crippen LogP contribution in [0.15, 0.2) is 18.2 Å². The molecule has 0 bridgehead atoms. The second-order valence-electron chi connectivity index (χ2n) is 3.48. The Morgan fingerprint density at radius 3 is 2.88 bits per heavy atom. The molecular weight excluding hydrogens is 250 g/mol. The minimum absolute atomic E-state index is 0.0592. The highest BCUT2D eigenvalue weighted by molar-refractivity contribution is 6.35. The van der Waals surface area contributed by atoms with Crippen LogP contribution in [0.1, 0.15) is 10.5 Å². The summed E-state index contributed by atoms with van der Waals surface area (Å²) in [6.07, 6.45) is 0. The molecule has 0 aliphatic rings. The third-order valence-electron chi connectivity index (χ3n) is 2.28. The summed E-state index contributed by atoms with van der Waals surface area (Å²) >= 11 is 5.83. The molecule has 6 heteroatoms. The zero-order valence-corrected chi connectivity index (χ0v) is 9.44. The summed E-state index contributed by atoms with van der Waals surface area (Å²) in [6, 6.07) is 3.92. The lowest BCUT2D eigenvalue weighted by Gasteiger charge is -1.98. The Morgan fingerprint density at radius 2 is 2.18 bits per heavy atom. The van der Waals surface area contributed by atoms with E-state index < -0.39 is 18.4 Å². The SMILES string of the molecule is O=C(NCCF)c1cc2c(Cl)cc(F)cc2[nH]1. The Morgan fingerprint density at radius 1 is 1.41 bits per heavy atom. The van der Waals surface area contributed by atoms with E-state index in [1.54, 1.807) is 0 Å². The van der Waals surface area contributed by atoms with Crippen LogP contribution in [0.25, 0.3) is 10.9 Å². The molecule has 0 atom stereocenters. The maximum absolute atomic E-state index is 13.1. The third kappa shape index (κ3) is 2.39. The molecule has 0 radical (unpaired) electrons. The lowest BCUT2D eigenvalue weighted by atomic mass is 10.2. The molecule has 1 aromatic carbocycles. The van der Waals surface area contributed by atoms with E-state index in [-0.39, 0.29) is 17.3 Å². The molecule has 90 valence electrons. The van der Waals surface area contributed by atoms with Gasteiger partial charge in [0.1, 0.15) is 18.2 Å². The first-order valence-electron chi connectivity index (χ1n) is 4.93. The van der Waals surface area contributed by atoms with Crippen LogP contribution in [0.5, 0.6) is 0 Å². The molecule has 2 aromatic rings. The van der Waals surface area contributed by atoms with Crippen molar-refractivity contribution in [2.24, 2.45) is 0 Å². The Labute approximate surface area is 101 Å². The van der Waals surface area contributed by atoms with Gasteiger partial charge in [-0.3, -0.25) is 4.79 Å². The van der Waals surface area contributed by atoms with Crippen LogP contribution in [0.3, 0.4) is 0 Å². The molecule has 0 unspecified atom stereocenters. The summed E-state index contributed by atoms with van der Waals surface area (Å²) in [5.41, 5.74) is 0.654. The first-order chi connectivity index (χ1) is 8.11. The third-order valence-corrected chi connectivity index (χ3v) is 2.59. The van der Waals surface area contributed by atoms with E-state index in [1.807, 2.05) is 0 Å². The average Bonchev–Trinajstić information content (AvgIpc) is 2.69. The van der Waals surface area contributed by atoms with Gasteiger partial charge in [0.15, 0.2) is 0 Å². The van der Waals surface area contributed by atoms with E-state index in [4.69, 9.17) is 11.6 Å². The molecule has 0 fully saturated rings. The zero-order chi connectivity index (χ0) is 12.4. The number of carbonyl (C=O) groups excluding carboxylic acids is 1. The van der Waals surface area contributed by atoms with Crippen LogP contribution in [-0.2, 0) is 0 Å². The van der Waals surface area contributed by atoms with Crippen LogP contribution in [0, 0.1) is 5.82 Å². The number of hydrogen-bond acceptors (Lipinski definition) is 1. The molecule has 1 aromatic heterocycles. The highest BCUT2D eigenvalue weighted by atomic mass is 35.5. The summed E-state index contributed by atoms with van der Waals surface area (Å²) in [6.45, 7) is -0.697. The smallest absolute Gasteiger partial charge is 0.267 e. The fourth-order valence-corrected chi connectivity index (χ4v) is 1.80. The van der Waals surface area contributed by atoms with Crippen LogP contribution in [0.4, 0.5) is 8.78 Å². The number of fused-ring (bicyclic) bond motifs is 1. The maximum atomic E-state index is 13.1. The van der Waals surface area contributed by atoms with Gasteiger partial charge in [0.05, 0.1) is 10.5 Å². The first kappa shape index (κ1) is 11.9. The van der Waals surface area contributed by atoms with Gasteiger partial charge in [-0.1, -0.05) is 11.6 Å². The van der Waals surface area contributed by atoms with Gasteiger partial charge in [0.2, 0.25) is 0 Å². The number of aromatic nitrogens is 1. The molecule has 0 saturated heterocycles. The van der Waals surface area contributed by atoms with Crippen molar-refractivity contribution in [3.63, 3.8) is 0 Å². The van der Waals surface area contributed by atoms with Gasteiger partial charge < -0.3 is 10.3 Å². The van der Waals surface area contributed by atoms with E-state index in [0.717, 1.165) is 0 Å². The molecule has 0 spiro atoms. The lowest BCUT2D eigenvalue weighted by molar-refractivity contribution is 0.0946. The summed E-state index contributed by atoms with van der Waals surface area (Å²) in [5.74, 6) is -0.935. The Kier molecular flexibility index (Phi) is 3.28. The van der Waals surface area contributed by atoms with Gasteiger partial charge in [0, 0.05) is 11.9 Å². The summed E-state index contributed by atoms with van der Waals surface area (Å²) in [4.78, 5) is 14.3. The fourth-order valence-electron chi connectivity index (χ4n) is 1.54. The normalized spacial score (nSPS) is 10.8. The van der Waals surface area contributed by atoms with Crippen molar-refractivity contribution in [1.29, 1.82) is 0 Å². The Bertz CT molecular complexity index is 568. The topological polar surface area (TPSA) is 44.9 Å². The molecule has 17 heavy (non-hydrogen) atoms. The largest absolute Gasteiger partial charge is 0.350 e. The van der Waals surface area contributed by atoms with E-state index in [2.05, 4.69) is 10.3 Å². The van der Waals surface area contributed by atoms with Crippen LogP contribution < -0.4 is 5.32 Å². The molecule has 0 aliphatic heterocycles. The summed E-state index contributed by atoms with van der Waals surface area (Å²) in [7, 11) is 0. The van der Waals surface area contributed by atoms with Crippen LogP contribution >= 0.6 is 11.6 Å². The molecule has 2 rings (SSSR count). The number of amides is 1. The summed E-state index contributed by atoms with van der Waals surface area (Å²) < 4.78 is 25.0. The number of H-pyrrole nitrogens is 1. The molecule has 0 saturated carbocycles. The average molecular weight is 259 g/mol. The number of alkyl halides is 1. The predicted molar refractivity (Wildman–Crippen MR) is 61.6 cm³/mol. The quantitative estimate of drug-likeness (QED) is 0.873. The highest BCUT2D eigenvalue weighted by Gasteiger charge is 2.11. The minimum Gasteiger partial charge on any atom is -0.350 e. The number of rotatable bonds is 3. The van der Waals surface area contributed by atoms with Crippen molar-refractivity contribution in [3.8, 4) is 0 Å². The predicted octanol–water partition coefficient (Wildman–Crippen LogP) is 2.66. The molecule has 2 N–H and O–H groups in total. The van der Waals surface area contributed by atoms with E-state index >= 15 is 0 Å². The number of carbonyl (C=O) groups is 1. The van der Waals surface area contributed by atoms with E-state index in [9.17, 15) is 13.6 Å². The van der Waals surface area contributed by atoms with E-state index in [1.165, 1.54) is 18.2 Å². The van der Waals surface area contributed by atoms with Gasteiger partial charge in [-0.25, -0.2) is 8.78 Å². The first-order valence-corrected chi connectivity index (χ1v) is 5.31. The number of halogens is 3. The second kappa shape index (κ2) is 4.71. The van der Waals surface area contributed by atoms with E-state index in [0.29, 0.717) is 10.9 Å². The monoisotopic (exact) mass is 258 g/mol. The molecule has 3 nitrogen and oxygen atoms in total. The van der Waals surface area contributed by atoms with Crippen molar-refractivity contribution in [2.45, 2.75) is 0 Å². The van der Waals surface area contributed by atoms with Gasteiger partial charge in [-0.05, 0) is 18.2 Å². The molecular formula is C11H9ClF2N2O. The lowest BCUT2D eigenvalue weighted by Crippen LogP contribution is -2.25. The van der Waals surface area contributed by atoms with Gasteiger partial charge in [-0.2, -0.15) is 0 Å². The van der Waals surface area contributed by atoms with Crippen LogP contribution in [0.2, 0.25) is 5.02 Å². The standard InChI is InChI=1S/C11H9ClF2N2O/c12-8-3-6(14)4-9-7(8)5-10(16-9)11(17)15-2-1-13/h3-5,16H,1-2H2,(H,15,17). The molecule has 1 heterocycles.